The van der Waals surface area contributed by atoms with E-state index in [1.807, 2.05) is 25.1 Å². The van der Waals surface area contributed by atoms with Crippen molar-refractivity contribution >= 4 is 24.0 Å². The van der Waals surface area contributed by atoms with E-state index in [2.05, 4.69) is 29.3 Å². The molecule has 0 aromatic heterocycles. The SMILES string of the molecule is CCC(C)C(N)C(=O)NC1CCN(c2ccccc2)C1.Cl. The molecule has 4 nitrogen and oxygen atoms in total. The molecular formula is C16H26ClN3O. The van der Waals surface area contributed by atoms with E-state index in [9.17, 15) is 4.79 Å². The Morgan fingerprint density at radius 1 is 1.43 bits per heavy atom. The second kappa shape index (κ2) is 8.25. The maximum absolute atomic E-state index is 12.1. The molecule has 0 spiro atoms. The Labute approximate surface area is 133 Å². The van der Waals surface area contributed by atoms with Crippen LogP contribution < -0.4 is 16.0 Å². The zero-order valence-electron chi connectivity index (χ0n) is 12.8. The van der Waals surface area contributed by atoms with E-state index in [4.69, 9.17) is 5.73 Å². The Hall–Kier alpha value is -1.26. The summed E-state index contributed by atoms with van der Waals surface area (Å²) < 4.78 is 0. The van der Waals surface area contributed by atoms with Crippen LogP contribution in [-0.4, -0.2) is 31.1 Å². The standard InChI is InChI=1S/C16H25N3O.ClH/c1-3-12(2)15(17)16(20)18-13-9-10-19(11-13)14-7-5-4-6-8-14;/h4-8,12-13,15H,3,9-11,17H2,1-2H3,(H,18,20);1H. The highest BCUT2D eigenvalue weighted by Gasteiger charge is 2.27. The van der Waals surface area contributed by atoms with Crippen LogP contribution in [-0.2, 0) is 4.79 Å². The largest absolute Gasteiger partial charge is 0.369 e. The molecule has 21 heavy (non-hydrogen) atoms. The van der Waals surface area contributed by atoms with Gasteiger partial charge in [0.2, 0.25) is 5.91 Å². The van der Waals surface area contributed by atoms with Crippen LogP contribution in [0.15, 0.2) is 30.3 Å². The summed E-state index contributed by atoms with van der Waals surface area (Å²) in [6.45, 7) is 5.93. The highest BCUT2D eigenvalue weighted by Crippen LogP contribution is 2.19. The molecule has 1 fully saturated rings. The zero-order chi connectivity index (χ0) is 14.5. The smallest absolute Gasteiger partial charge is 0.237 e. The highest BCUT2D eigenvalue weighted by atomic mass is 35.5. The van der Waals surface area contributed by atoms with Crippen LogP contribution in [0.5, 0.6) is 0 Å². The van der Waals surface area contributed by atoms with Crippen LogP contribution in [0.4, 0.5) is 5.69 Å². The maximum Gasteiger partial charge on any atom is 0.237 e. The number of amides is 1. The van der Waals surface area contributed by atoms with Gasteiger partial charge in [0.25, 0.3) is 0 Å². The molecule has 1 aromatic rings. The third-order valence-corrected chi connectivity index (χ3v) is 4.22. The fourth-order valence-electron chi connectivity index (χ4n) is 2.56. The monoisotopic (exact) mass is 311 g/mol. The number of para-hydroxylation sites is 1. The molecular weight excluding hydrogens is 286 g/mol. The van der Waals surface area contributed by atoms with Gasteiger partial charge in [0.15, 0.2) is 0 Å². The molecule has 0 saturated carbocycles. The van der Waals surface area contributed by atoms with E-state index >= 15 is 0 Å². The van der Waals surface area contributed by atoms with Gasteiger partial charge in [-0.1, -0.05) is 38.5 Å². The van der Waals surface area contributed by atoms with Gasteiger partial charge >= 0.3 is 0 Å². The summed E-state index contributed by atoms with van der Waals surface area (Å²) in [6, 6.07) is 10.1. The third kappa shape index (κ3) is 4.61. The Balaban J connectivity index is 0.00000220. The molecule has 1 aliphatic rings. The lowest BCUT2D eigenvalue weighted by atomic mass is 9.99. The minimum Gasteiger partial charge on any atom is -0.369 e. The van der Waals surface area contributed by atoms with Crippen molar-refractivity contribution in [2.75, 3.05) is 18.0 Å². The zero-order valence-corrected chi connectivity index (χ0v) is 13.6. The number of nitrogens with one attached hydrogen (secondary N) is 1. The molecule has 3 atom stereocenters. The van der Waals surface area contributed by atoms with Crippen molar-refractivity contribution in [3.63, 3.8) is 0 Å². The predicted octanol–water partition coefficient (Wildman–Crippen LogP) is 2.18. The first-order chi connectivity index (χ1) is 9.61. The van der Waals surface area contributed by atoms with Crippen molar-refractivity contribution in [2.24, 2.45) is 11.7 Å². The fraction of sp³-hybridized carbons (Fsp3) is 0.562. The molecule has 1 amide bonds. The summed E-state index contributed by atoms with van der Waals surface area (Å²) in [5.74, 6) is 0.209. The minimum absolute atomic E-state index is 0. The molecule has 5 heteroatoms. The van der Waals surface area contributed by atoms with E-state index in [-0.39, 0.29) is 30.3 Å². The van der Waals surface area contributed by atoms with Crippen molar-refractivity contribution in [3.05, 3.63) is 30.3 Å². The number of benzene rings is 1. The van der Waals surface area contributed by atoms with Crippen molar-refractivity contribution in [1.82, 2.24) is 5.32 Å². The van der Waals surface area contributed by atoms with Gasteiger partial charge in [-0.25, -0.2) is 0 Å². The summed E-state index contributed by atoms with van der Waals surface area (Å²) in [6.07, 6.45) is 1.91. The molecule has 0 bridgehead atoms. The van der Waals surface area contributed by atoms with Crippen LogP contribution >= 0.6 is 12.4 Å². The average Bonchev–Trinajstić information content (AvgIpc) is 2.95. The lowest BCUT2D eigenvalue weighted by Crippen LogP contribution is -2.49. The molecule has 0 radical (unpaired) electrons. The Kier molecular flexibility index (Phi) is 6.99. The Morgan fingerprint density at radius 2 is 2.10 bits per heavy atom. The maximum atomic E-state index is 12.1. The first kappa shape index (κ1) is 17.8. The molecule has 3 N–H and O–H groups in total. The average molecular weight is 312 g/mol. The van der Waals surface area contributed by atoms with E-state index in [0.717, 1.165) is 25.9 Å². The van der Waals surface area contributed by atoms with Gasteiger partial charge in [0.1, 0.15) is 0 Å². The van der Waals surface area contributed by atoms with E-state index in [1.54, 1.807) is 0 Å². The van der Waals surface area contributed by atoms with E-state index < -0.39 is 6.04 Å². The summed E-state index contributed by atoms with van der Waals surface area (Å²) in [5, 5.41) is 3.09. The molecule has 1 heterocycles. The number of carbonyl (C=O) groups is 1. The van der Waals surface area contributed by atoms with Gasteiger partial charge in [-0.15, -0.1) is 12.4 Å². The van der Waals surface area contributed by atoms with Crippen molar-refractivity contribution < 1.29 is 4.79 Å². The summed E-state index contributed by atoms with van der Waals surface area (Å²) in [4.78, 5) is 14.4. The Morgan fingerprint density at radius 3 is 2.71 bits per heavy atom. The first-order valence-electron chi connectivity index (χ1n) is 7.47. The van der Waals surface area contributed by atoms with Crippen molar-refractivity contribution in [2.45, 2.75) is 38.8 Å². The number of hydrogen-bond acceptors (Lipinski definition) is 3. The van der Waals surface area contributed by atoms with Crippen molar-refractivity contribution in [1.29, 1.82) is 0 Å². The first-order valence-corrected chi connectivity index (χ1v) is 7.47. The van der Waals surface area contributed by atoms with Crippen LogP contribution in [0.2, 0.25) is 0 Å². The quantitative estimate of drug-likeness (QED) is 0.876. The number of hydrogen-bond donors (Lipinski definition) is 2. The molecule has 1 saturated heterocycles. The molecule has 2 rings (SSSR count). The van der Waals surface area contributed by atoms with E-state index in [0.29, 0.717) is 0 Å². The van der Waals surface area contributed by atoms with Gasteiger partial charge < -0.3 is 16.0 Å². The van der Waals surface area contributed by atoms with Crippen LogP contribution in [0.3, 0.4) is 0 Å². The van der Waals surface area contributed by atoms with Gasteiger partial charge in [0, 0.05) is 24.8 Å². The van der Waals surface area contributed by atoms with Gasteiger partial charge in [-0.2, -0.15) is 0 Å². The lowest BCUT2D eigenvalue weighted by molar-refractivity contribution is -0.124. The fourth-order valence-corrected chi connectivity index (χ4v) is 2.56. The number of halogens is 1. The van der Waals surface area contributed by atoms with Crippen LogP contribution in [0.1, 0.15) is 26.7 Å². The molecule has 1 aliphatic heterocycles. The van der Waals surface area contributed by atoms with Gasteiger partial charge in [-0.05, 0) is 24.5 Å². The minimum atomic E-state index is -0.397. The van der Waals surface area contributed by atoms with Crippen LogP contribution in [0.25, 0.3) is 0 Å². The van der Waals surface area contributed by atoms with Gasteiger partial charge in [-0.3, -0.25) is 4.79 Å². The predicted molar refractivity (Wildman–Crippen MR) is 89.9 cm³/mol. The molecule has 0 aliphatic carbocycles. The van der Waals surface area contributed by atoms with Crippen molar-refractivity contribution in [3.8, 4) is 0 Å². The number of rotatable bonds is 5. The number of carbonyl (C=O) groups excluding carboxylic acids is 1. The third-order valence-electron chi connectivity index (χ3n) is 4.22. The lowest BCUT2D eigenvalue weighted by Gasteiger charge is -2.22. The summed E-state index contributed by atoms with van der Waals surface area (Å²) >= 11 is 0. The highest BCUT2D eigenvalue weighted by molar-refractivity contribution is 5.85. The van der Waals surface area contributed by atoms with Crippen LogP contribution in [0, 0.1) is 5.92 Å². The number of nitrogens with two attached hydrogens (primary N) is 1. The normalized spacial score (nSPS) is 20.5. The number of nitrogens with zero attached hydrogens (tertiary/aromatic N) is 1. The van der Waals surface area contributed by atoms with Gasteiger partial charge in [0.05, 0.1) is 6.04 Å². The molecule has 118 valence electrons. The summed E-state index contributed by atoms with van der Waals surface area (Å²) in [7, 11) is 0. The second-order valence-electron chi connectivity index (χ2n) is 5.69. The summed E-state index contributed by atoms with van der Waals surface area (Å²) in [5.41, 5.74) is 7.19. The van der Waals surface area contributed by atoms with E-state index in [1.165, 1.54) is 5.69 Å². The molecule has 1 aromatic carbocycles. The Bertz CT molecular complexity index is 440. The molecule has 3 unspecified atom stereocenters. The second-order valence-corrected chi connectivity index (χ2v) is 5.69. The number of anilines is 1. The topological polar surface area (TPSA) is 58.4 Å².